The van der Waals surface area contributed by atoms with Gasteiger partial charge in [-0.15, -0.1) is 0 Å². The number of ether oxygens (including phenoxy) is 3. The standard InChI is InChI=1S/C23H31NO6S/c1-5-28-22(23(25)29-6-2)17-19-9-13-21(14-10-19)30-16-15-18-7-11-20(12-8-18)24(3)31(4,26)27/h7-14,22H,5-6,15-17H2,1-4H3. The van der Waals surface area contributed by atoms with Crippen molar-refractivity contribution in [1.29, 1.82) is 0 Å². The predicted molar refractivity (Wildman–Crippen MR) is 121 cm³/mol. The van der Waals surface area contributed by atoms with E-state index in [0.29, 0.717) is 38.3 Å². The van der Waals surface area contributed by atoms with Gasteiger partial charge in [0.05, 0.1) is 25.2 Å². The number of hydrogen-bond acceptors (Lipinski definition) is 6. The minimum absolute atomic E-state index is 0.326. The van der Waals surface area contributed by atoms with E-state index in [1.165, 1.54) is 17.6 Å². The van der Waals surface area contributed by atoms with E-state index in [9.17, 15) is 13.2 Å². The van der Waals surface area contributed by atoms with Gasteiger partial charge in [0, 0.05) is 26.5 Å². The Balaban J connectivity index is 1.86. The predicted octanol–water partition coefficient (Wildman–Crippen LogP) is 3.21. The third-order valence-electron chi connectivity index (χ3n) is 4.72. The summed E-state index contributed by atoms with van der Waals surface area (Å²) in [4.78, 5) is 12.0. The second-order valence-electron chi connectivity index (χ2n) is 7.04. The molecule has 0 aromatic heterocycles. The lowest BCUT2D eigenvalue weighted by Gasteiger charge is -2.17. The van der Waals surface area contributed by atoms with Gasteiger partial charge in [0.2, 0.25) is 10.0 Å². The van der Waals surface area contributed by atoms with Gasteiger partial charge in [-0.25, -0.2) is 13.2 Å². The maximum atomic E-state index is 12.0. The molecule has 0 amide bonds. The van der Waals surface area contributed by atoms with Gasteiger partial charge in [0.25, 0.3) is 0 Å². The number of carbonyl (C=O) groups is 1. The van der Waals surface area contributed by atoms with E-state index in [0.717, 1.165) is 16.9 Å². The van der Waals surface area contributed by atoms with Crippen LogP contribution in [0.1, 0.15) is 25.0 Å². The fourth-order valence-corrected chi connectivity index (χ4v) is 3.44. The summed E-state index contributed by atoms with van der Waals surface area (Å²) in [5.74, 6) is 0.389. The smallest absolute Gasteiger partial charge is 0.335 e. The molecule has 0 spiro atoms. The summed E-state index contributed by atoms with van der Waals surface area (Å²) in [6.07, 6.45) is 1.70. The Morgan fingerprint density at radius 2 is 1.58 bits per heavy atom. The molecule has 0 aliphatic rings. The van der Waals surface area contributed by atoms with Crippen molar-refractivity contribution in [2.75, 3.05) is 37.4 Å². The molecule has 0 aliphatic heterocycles. The first-order valence-electron chi connectivity index (χ1n) is 10.3. The molecule has 2 aromatic carbocycles. The molecule has 0 N–H and O–H groups in total. The highest BCUT2D eigenvalue weighted by molar-refractivity contribution is 7.92. The van der Waals surface area contributed by atoms with Gasteiger partial charge in [0.1, 0.15) is 5.75 Å². The second-order valence-corrected chi connectivity index (χ2v) is 9.05. The van der Waals surface area contributed by atoms with Crippen LogP contribution in [0, 0.1) is 0 Å². The quantitative estimate of drug-likeness (QED) is 0.463. The lowest BCUT2D eigenvalue weighted by molar-refractivity contribution is -0.156. The average molecular weight is 450 g/mol. The number of sulfonamides is 1. The minimum atomic E-state index is -3.27. The van der Waals surface area contributed by atoms with E-state index in [4.69, 9.17) is 14.2 Å². The molecule has 8 heteroatoms. The van der Waals surface area contributed by atoms with Crippen molar-refractivity contribution in [1.82, 2.24) is 0 Å². The highest BCUT2D eigenvalue weighted by atomic mass is 32.2. The highest BCUT2D eigenvalue weighted by Crippen LogP contribution is 2.18. The van der Waals surface area contributed by atoms with Gasteiger partial charge in [0.15, 0.2) is 6.10 Å². The van der Waals surface area contributed by atoms with E-state index < -0.39 is 16.1 Å². The molecule has 0 saturated heterocycles. The van der Waals surface area contributed by atoms with Crippen molar-refractivity contribution in [3.05, 3.63) is 59.7 Å². The zero-order valence-corrected chi connectivity index (χ0v) is 19.4. The van der Waals surface area contributed by atoms with Crippen LogP contribution in [0.5, 0.6) is 5.75 Å². The van der Waals surface area contributed by atoms with Crippen LogP contribution in [0.15, 0.2) is 48.5 Å². The number of hydrogen-bond donors (Lipinski definition) is 0. The van der Waals surface area contributed by atoms with E-state index >= 15 is 0 Å². The van der Waals surface area contributed by atoms with Crippen LogP contribution in [-0.4, -0.2) is 53.6 Å². The number of esters is 1. The van der Waals surface area contributed by atoms with Crippen LogP contribution in [0.3, 0.4) is 0 Å². The van der Waals surface area contributed by atoms with E-state index in [1.807, 2.05) is 43.3 Å². The fraction of sp³-hybridized carbons (Fsp3) is 0.435. The summed E-state index contributed by atoms with van der Waals surface area (Å²) in [6.45, 7) is 4.88. The SMILES string of the molecule is CCOC(=O)C(Cc1ccc(OCCc2ccc(N(C)S(C)(=O)=O)cc2)cc1)OCC. The molecule has 2 aromatic rings. The Hall–Kier alpha value is -2.58. The Labute approximate surface area is 185 Å². The maximum absolute atomic E-state index is 12.0. The minimum Gasteiger partial charge on any atom is -0.493 e. The number of carbonyl (C=O) groups excluding carboxylic acids is 1. The van der Waals surface area contributed by atoms with Crippen LogP contribution in [0.25, 0.3) is 0 Å². The summed E-state index contributed by atoms with van der Waals surface area (Å²) in [7, 11) is -1.74. The first-order valence-corrected chi connectivity index (χ1v) is 12.1. The molecule has 1 unspecified atom stereocenters. The molecule has 0 aliphatic carbocycles. The zero-order valence-electron chi connectivity index (χ0n) is 18.5. The van der Waals surface area contributed by atoms with Crippen LogP contribution >= 0.6 is 0 Å². The summed E-state index contributed by atoms with van der Waals surface area (Å²) >= 11 is 0. The monoisotopic (exact) mass is 449 g/mol. The van der Waals surface area contributed by atoms with E-state index in [1.54, 1.807) is 19.1 Å². The van der Waals surface area contributed by atoms with Gasteiger partial charge >= 0.3 is 5.97 Å². The number of anilines is 1. The van der Waals surface area contributed by atoms with Crippen LogP contribution in [0.4, 0.5) is 5.69 Å². The third kappa shape index (κ3) is 7.88. The lowest BCUT2D eigenvalue weighted by Crippen LogP contribution is -2.28. The Bertz CT molecular complexity index is 926. The molecule has 1 atom stereocenters. The topological polar surface area (TPSA) is 82.1 Å². The van der Waals surface area contributed by atoms with Crippen LogP contribution in [-0.2, 0) is 37.1 Å². The Morgan fingerprint density at radius 1 is 0.968 bits per heavy atom. The average Bonchev–Trinajstić information content (AvgIpc) is 2.74. The molecule has 0 bridgehead atoms. The fourth-order valence-electron chi connectivity index (χ4n) is 2.93. The Kier molecular flexibility index (Phi) is 9.33. The molecule has 31 heavy (non-hydrogen) atoms. The normalized spacial score (nSPS) is 12.3. The molecule has 0 heterocycles. The van der Waals surface area contributed by atoms with Crippen molar-refractivity contribution in [3.8, 4) is 5.75 Å². The van der Waals surface area contributed by atoms with Gasteiger partial charge in [-0.05, 0) is 49.2 Å². The second kappa shape index (κ2) is 11.7. The van der Waals surface area contributed by atoms with E-state index in [-0.39, 0.29) is 5.97 Å². The van der Waals surface area contributed by atoms with Crippen molar-refractivity contribution in [3.63, 3.8) is 0 Å². The number of benzene rings is 2. The summed E-state index contributed by atoms with van der Waals surface area (Å²) in [5.41, 5.74) is 2.64. The van der Waals surface area contributed by atoms with Crippen molar-refractivity contribution >= 4 is 21.7 Å². The van der Waals surface area contributed by atoms with Crippen molar-refractivity contribution in [2.45, 2.75) is 32.8 Å². The molecule has 170 valence electrons. The van der Waals surface area contributed by atoms with Gasteiger partial charge < -0.3 is 14.2 Å². The van der Waals surface area contributed by atoms with Crippen molar-refractivity contribution < 1.29 is 27.4 Å². The van der Waals surface area contributed by atoms with Gasteiger partial charge in [-0.2, -0.15) is 0 Å². The molecular weight excluding hydrogens is 418 g/mol. The molecule has 0 saturated carbocycles. The van der Waals surface area contributed by atoms with Crippen LogP contribution in [0.2, 0.25) is 0 Å². The summed E-state index contributed by atoms with van der Waals surface area (Å²) in [5, 5.41) is 0. The van der Waals surface area contributed by atoms with E-state index in [2.05, 4.69) is 0 Å². The van der Waals surface area contributed by atoms with Crippen molar-refractivity contribution in [2.24, 2.45) is 0 Å². The Morgan fingerprint density at radius 3 is 2.13 bits per heavy atom. The number of nitrogens with zero attached hydrogens (tertiary/aromatic N) is 1. The highest BCUT2D eigenvalue weighted by Gasteiger charge is 2.20. The summed E-state index contributed by atoms with van der Waals surface area (Å²) < 4.78 is 40.8. The largest absolute Gasteiger partial charge is 0.493 e. The molecular formula is C23H31NO6S. The van der Waals surface area contributed by atoms with Gasteiger partial charge in [-0.3, -0.25) is 4.31 Å². The summed E-state index contributed by atoms with van der Waals surface area (Å²) in [6, 6.07) is 14.9. The zero-order chi connectivity index (χ0) is 22.9. The first kappa shape index (κ1) is 24.7. The number of rotatable bonds is 12. The van der Waals surface area contributed by atoms with Gasteiger partial charge in [-0.1, -0.05) is 24.3 Å². The first-order chi connectivity index (χ1) is 14.7. The molecule has 0 fully saturated rings. The lowest BCUT2D eigenvalue weighted by atomic mass is 10.1. The molecule has 7 nitrogen and oxygen atoms in total. The molecule has 0 radical (unpaired) electrons. The maximum Gasteiger partial charge on any atom is 0.335 e. The van der Waals surface area contributed by atoms with Crippen LogP contribution < -0.4 is 9.04 Å². The third-order valence-corrected chi connectivity index (χ3v) is 5.92. The molecule has 2 rings (SSSR count).